The fraction of sp³-hybridized carbons (Fsp3) is 0.261. The zero-order valence-corrected chi connectivity index (χ0v) is 32.4. The zero-order chi connectivity index (χ0) is 39.2. The summed E-state index contributed by atoms with van der Waals surface area (Å²) in [5.41, 5.74) is 9.09. The van der Waals surface area contributed by atoms with Crippen molar-refractivity contribution in [3.05, 3.63) is 130 Å². The molecule has 5 aromatic carbocycles. The molecule has 2 atom stereocenters. The minimum Gasteiger partial charge on any atom is -0.493 e. The van der Waals surface area contributed by atoms with Crippen LogP contribution in [0.3, 0.4) is 0 Å². The summed E-state index contributed by atoms with van der Waals surface area (Å²) in [4.78, 5) is 43.2. The number of ether oxygens (including phenoxy) is 4. The van der Waals surface area contributed by atoms with Gasteiger partial charge in [-0.1, -0.05) is 48.5 Å². The summed E-state index contributed by atoms with van der Waals surface area (Å²) in [6, 6.07) is 29.2. The van der Waals surface area contributed by atoms with E-state index in [0.29, 0.717) is 58.6 Å². The first-order valence-electron chi connectivity index (χ1n) is 19.1. The number of rotatable bonds is 10. The number of hydrogen-bond acceptors (Lipinski definition) is 9. The molecule has 0 saturated carbocycles. The molecule has 0 aliphatic carbocycles. The molecule has 2 amide bonds. The number of carbonyl (C=O) groups excluding carboxylic acids is 2. The van der Waals surface area contributed by atoms with E-state index in [0.717, 1.165) is 52.0 Å². The van der Waals surface area contributed by atoms with Crippen molar-refractivity contribution in [3.8, 4) is 23.0 Å². The first-order chi connectivity index (χ1) is 27.8. The third-order valence-electron chi connectivity index (χ3n) is 10.9. The van der Waals surface area contributed by atoms with Crippen LogP contribution in [0.25, 0.3) is 0 Å². The number of anilines is 2. The normalized spacial score (nSPS) is 17.5. The molecule has 0 radical (unpaired) electrons. The van der Waals surface area contributed by atoms with Gasteiger partial charge in [0.05, 0.1) is 42.8 Å². The van der Waals surface area contributed by atoms with Crippen molar-refractivity contribution in [2.45, 2.75) is 38.6 Å². The molecule has 0 unspecified atom stereocenters. The van der Waals surface area contributed by atoms with E-state index < -0.39 is 0 Å². The Balaban J connectivity index is 0.961. The molecule has 0 fully saturated rings. The molecule has 4 heterocycles. The molecule has 288 valence electrons. The Labute approximate surface area is 331 Å². The molecule has 0 aromatic heterocycles. The number of methoxy groups -OCH3 is 2. The average molecular weight is 762 g/mol. The maximum atomic E-state index is 14.0. The van der Waals surface area contributed by atoms with Crippen molar-refractivity contribution in [3.63, 3.8) is 0 Å². The molecule has 0 N–H and O–H groups in total. The van der Waals surface area contributed by atoms with E-state index in [-0.39, 0.29) is 37.0 Å². The maximum absolute atomic E-state index is 14.0. The second kappa shape index (κ2) is 14.9. The Morgan fingerprint density at radius 2 is 1.21 bits per heavy atom. The van der Waals surface area contributed by atoms with Gasteiger partial charge in [0.25, 0.3) is 11.8 Å². The molecule has 0 spiro atoms. The Morgan fingerprint density at radius 3 is 1.84 bits per heavy atom. The van der Waals surface area contributed by atoms with Crippen LogP contribution in [-0.2, 0) is 32.6 Å². The highest BCUT2D eigenvalue weighted by atomic mass is 16.5. The van der Waals surface area contributed by atoms with Crippen molar-refractivity contribution in [1.29, 1.82) is 0 Å². The smallest absolute Gasteiger partial charge is 0.261 e. The van der Waals surface area contributed by atoms with Gasteiger partial charge in [-0.05, 0) is 78.7 Å². The number of para-hydroxylation sites is 2. The van der Waals surface area contributed by atoms with Crippen molar-refractivity contribution in [2.75, 3.05) is 44.7 Å². The molecule has 11 heteroatoms. The van der Waals surface area contributed by atoms with Gasteiger partial charge in [-0.25, -0.2) is 0 Å². The average Bonchev–Trinajstić information content (AvgIpc) is 3.54. The number of aliphatic imine (C=N–C) groups is 2. The van der Waals surface area contributed by atoms with Crippen LogP contribution in [0.1, 0.15) is 48.5 Å². The summed E-state index contributed by atoms with van der Waals surface area (Å²) in [5, 5.41) is 0. The van der Waals surface area contributed by atoms with Gasteiger partial charge in [0.1, 0.15) is 13.2 Å². The van der Waals surface area contributed by atoms with Crippen LogP contribution in [0.2, 0.25) is 0 Å². The molecule has 4 aliphatic heterocycles. The van der Waals surface area contributed by atoms with Crippen LogP contribution in [0.15, 0.2) is 101 Å². The fourth-order valence-corrected chi connectivity index (χ4v) is 8.32. The van der Waals surface area contributed by atoms with Crippen LogP contribution in [0, 0.1) is 5.92 Å². The van der Waals surface area contributed by atoms with Gasteiger partial charge in [-0.3, -0.25) is 24.5 Å². The van der Waals surface area contributed by atoms with E-state index in [9.17, 15) is 9.59 Å². The lowest BCUT2D eigenvalue weighted by molar-refractivity contribution is 0.0976. The highest BCUT2D eigenvalue weighted by molar-refractivity contribution is 6.15. The summed E-state index contributed by atoms with van der Waals surface area (Å²) in [7, 11) is 7.20. The predicted molar refractivity (Wildman–Crippen MR) is 221 cm³/mol. The van der Waals surface area contributed by atoms with Crippen LogP contribution < -0.4 is 28.7 Å². The molecule has 0 saturated heterocycles. The van der Waals surface area contributed by atoms with E-state index in [2.05, 4.69) is 35.2 Å². The second-order valence-electron chi connectivity index (χ2n) is 15.2. The molecule has 11 nitrogen and oxygen atoms in total. The number of fused-ring (bicyclic) bond motifs is 9. The Hall–Kier alpha value is -6.46. The Kier molecular flexibility index (Phi) is 9.45. The van der Waals surface area contributed by atoms with Crippen molar-refractivity contribution >= 4 is 47.0 Å². The van der Waals surface area contributed by atoms with E-state index >= 15 is 0 Å². The molecular weight excluding hydrogens is 719 g/mol. The van der Waals surface area contributed by atoms with E-state index in [1.807, 2.05) is 72.7 Å². The largest absolute Gasteiger partial charge is 0.493 e. The lowest BCUT2D eigenvalue weighted by Crippen LogP contribution is -2.41. The third kappa shape index (κ3) is 6.88. The van der Waals surface area contributed by atoms with Crippen LogP contribution >= 0.6 is 0 Å². The molecule has 57 heavy (non-hydrogen) atoms. The minimum absolute atomic E-state index is 0.111. The molecule has 4 aliphatic rings. The van der Waals surface area contributed by atoms with Crippen LogP contribution in [0.5, 0.6) is 23.0 Å². The minimum atomic E-state index is -0.154. The van der Waals surface area contributed by atoms with E-state index in [1.54, 1.807) is 38.5 Å². The van der Waals surface area contributed by atoms with Gasteiger partial charge >= 0.3 is 0 Å². The quantitative estimate of drug-likeness (QED) is 0.143. The summed E-state index contributed by atoms with van der Waals surface area (Å²) in [6.45, 7) is 1.77. The second-order valence-corrected chi connectivity index (χ2v) is 15.2. The van der Waals surface area contributed by atoms with Crippen molar-refractivity contribution < 1.29 is 28.5 Å². The topological polar surface area (TPSA) is 106 Å². The van der Waals surface area contributed by atoms with Gasteiger partial charge in [0.15, 0.2) is 23.0 Å². The summed E-state index contributed by atoms with van der Waals surface area (Å²) in [6.07, 6.45) is 5.35. The van der Waals surface area contributed by atoms with Gasteiger partial charge in [-0.2, -0.15) is 0 Å². The number of nitrogens with zero attached hydrogens (tertiary/aromatic N) is 5. The SMILES string of the molecule is COc1cc2c(cc1OCc1cc(COc3cc4c(cc3OC)C(=O)N3c5ccccc5C[C@H]3C=N4)cc(CN(C)C)c1)N=C[C@H]1Cc3ccccc3N(C1)C2=O. The van der Waals surface area contributed by atoms with E-state index in [4.69, 9.17) is 28.9 Å². The predicted octanol–water partition coefficient (Wildman–Crippen LogP) is 7.75. The lowest BCUT2D eigenvalue weighted by Gasteiger charge is -2.34. The summed E-state index contributed by atoms with van der Waals surface area (Å²) in [5.74, 6) is 1.77. The lowest BCUT2D eigenvalue weighted by atomic mass is 9.91. The molecule has 2 bridgehead atoms. The Bertz CT molecular complexity index is 2480. The van der Waals surface area contributed by atoms with Gasteiger partial charge in [0.2, 0.25) is 0 Å². The highest BCUT2D eigenvalue weighted by Gasteiger charge is 2.37. The molecular formula is C46H43N5O6. The monoisotopic (exact) mass is 761 g/mol. The first kappa shape index (κ1) is 36.2. The molecule has 5 aromatic rings. The molecule has 9 rings (SSSR count). The van der Waals surface area contributed by atoms with Gasteiger partial charge in [-0.15, -0.1) is 0 Å². The third-order valence-corrected chi connectivity index (χ3v) is 10.9. The number of hydrogen-bond donors (Lipinski definition) is 0. The summed E-state index contributed by atoms with van der Waals surface area (Å²) < 4.78 is 24.4. The Morgan fingerprint density at radius 1 is 0.649 bits per heavy atom. The fourth-order valence-electron chi connectivity index (χ4n) is 8.32. The van der Waals surface area contributed by atoms with Crippen LogP contribution in [-0.4, -0.2) is 70.0 Å². The zero-order valence-electron chi connectivity index (χ0n) is 32.4. The first-order valence-corrected chi connectivity index (χ1v) is 19.1. The number of amides is 2. The number of carbonyl (C=O) groups is 2. The van der Waals surface area contributed by atoms with Crippen LogP contribution in [0.4, 0.5) is 22.7 Å². The van der Waals surface area contributed by atoms with E-state index in [1.165, 1.54) is 0 Å². The van der Waals surface area contributed by atoms with Gasteiger partial charge < -0.3 is 28.7 Å². The maximum Gasteiger partial charge on any atom is 0.261 e. The highest BCUT2D eigenvalue weighted by Crippen LogP contribution is 2.42. The number of benzene rings is 5. The van der Waals surface area contributed by atoms with Gasteiger partial charge in [0, 0.05) is 61.4 Å². The standard InChI is InChI=1S/C46H43N5O6/c1-49(2)24-28-13-29(26-56-43-20-37-35(18-41(43)54-3)45(52)50-25-31(22-47-37)16-32-9-5-7-11-39(32)50)15-30(14-28)27-57-44-21-38-36(19-42(44)55-4)46(53)51-34(23-48-38)17-33-10-6-8-12-40(33)51/h5-15,18-23,31,34H,16-17,24-27H2,1-4H3/t31-,34+/m1/s1. The van der Waals surface area contributed by atoms with Crippen molar-refractivity contribution in [1.82, 2.24) is 4.90 Å². The van der Waals surface area contributed by atoms with Crippen molar-refractivity contribution in [2.24, 2.45) is 15.9 Å². The summed E-state index contributed by atoms with van der Waals surface area (Å²) >= 11 is 0.